The number of carbonyl (C=O) groups is 2. The van der Waals surface area contributed by atoms with Gasteiger partial charge < -0.3 is 20.8 Å². The lowest BCUT2D eigenvalue weighted by atomic mass is 10.0. The number of rotatable bonds is 10. The Morgan fingerprint density at radius 1 is 0.820 bits per heavy atom. The molecule has 252 valence electrons. The van der Waals surface area contributed by atoms with Crippen molar-refractivity contribution < 1.29 is 19.8 Å². The summed E-state index contributed by atoms with van der Waals surface area (Å²) < 4.78 is 0.332. The van der Waals surface area contributed by atoms with Gasteiger partial charge in [-0.05, 0) is 127 Å². The molecule has 50 heavy (non-hydrogen) atoms. The van der Waals surface area contributed by atoms with E-state index in [1.807, 2.05) is 84.9 Å². The first-order chi connectivity index (χ1) is 24.1. The topological polar surface area (TPSA) is 159 Å². The maximum Gasteiger partial charge on any atom is 0.272 e. The van der Waals surface area contributed by atoms with Crippen molar-refractivity contribution in [3.63, 3.8) is 0 Å². The molecule has 0 saturated carbocycles. The zero-order chi connectivity index (χ0) is 35.6. The van der Waals surface area contributed by atoms with Crippen molar-refractivity contribution in [1.82, 2.24) is 16.3 Å². The van der Waals surface area contributed by atoms with E-state index in [-0.39, 0.29) is 31.1 Å². The minimum absolute atomic E-state index is 0.0432. The van der Waals surface area contributed by atoms with Gasteiger partial charge in [0.1, 0.15) is 16.0 Å². The van der Waals surface area contributed by atoms with Crippen LogP contribution in [0.25, 0.3) is 10.8 Å². The standard InChI is InChI=1S/C35H27Br2N7O4S2/c36-28-17-24(31(45)29(37)32(28)46)18-39-42-33(47)30(40-27-14-9-22-3-1-2-4-23(22)16-27)34(48)43-44-35(50)41-26-12-7-21(8-13-26)15-20-5-10-25(11-6-20)38-19-49/h1-14,16-18,30,40,45-46H,15H2,(H,42,47)(H,43,48)(H2,41,44,50). The number of hydrogen-bond donors (Lipinski definition) is 7. The summed E-state index contributed by atoms with van der Waals surface area (Å²) in [4.78, 5) is 30.6. The van der Waals surface area contributed by atoms with Crippen LogP contribution in [0.5, 0.6) is 11.5 Å². The van der Waals surface area contributed by atoms with Crippen molar-refractivity contribution in [2.24, 2.45) is 10.1 Å². The van der Waals surface area contributed by atoms with Gasteiger partial charge in [0.05, 0.1) is 21.5 Å². The SMILES string of the molecule is O=C(NN=Cc1cc(Br)c(O)c(Br)c1O)C(Nc1ccc2ccccc2c1)C(=O)NNC(=S)Nc1ccc(Cc2ccc(N=C=S)cc2)cc1. The number of carbonyl (C=O) groups excluding carboxylic acids is 2. The number of phenolic OH excluding ortho intramolecular Hbond substituents is 2. The van der Waals surface area contributed by atoms with E-state index >= 15 is 0 Å². The number of fused-ring (bicyclic) bond motifs is 1. The van der Waals surface area contributed by atoms with Crippen LogP contribution in [0.3, 0.4) is 0 Å². The molecular weight excluding hydrogens is 806 g/mol. The number of isothiocyanates is 1. The van der Waals surface area contributed by atoms with Crippen LogP contribution in [0.2, 0.25) is 0 Å². The van der Waals surface area contributed by atoms with Crippen molar-refractivity contribution in [2.45, 2.75) is 12.5 Å². The molecule has 15 heteroatoms. The summed E-state index contributed by atoms with van der Waals surface area (Å²) in [5.41, 5.74) is 11.7. The summed E-state index contributed by atoms with van der Waals surface area (Å²) >= 11 is 16.3. The first kappa shape index (κ1) is 36.1. The Morgan fingerprint density at radius 3 is 2.18 bits per heavy atom. The van der Waals surface area contributed by atoms with Crippen LogP contribution in [0.4, 0.5) is 17.1 Å². The monoisotopic (exact) mass is 831 g/mol. The van der Waals surface area contributed by atoms with Gasteiger partial charge in [0, 0.05) is 16.9 Å². The van der Waals surface area contributed by atoms with Gasteiger partial charge in [-0.25, -0.2) is 5.43 Å². The maximum atomic E-state index is 13.4. The summed E-state index contributed by atoms with van der Waals surface area (Å²) in [6.45, 7) is 0. The molecule has 7 N–H and O–H groups in total. The number of nitrogens with one attached hydrogen (secondary N) is 5. The molecule has 5 aromatic rings. The van der Waals surface area contributed by atoms with Crippen molar-refractivity contribution >= 4 is 112 Å². The van der Waals surface area contributed by atoms with E-state index in [4.69, 9.17) is 12.2 Å². The number of aromatic hydroxyl groups is 2. The van der Waals surface area contributed by atoms with Crippen LogP contribution in [-0.2, 0) is 16.0 Å². The number of hydrogen-bond acceptors (Lipinski definition) is 9. The van der Waals surface area contributed by atoms with E-state index in [0.717, 1.165) is 27.6 Å². The smallest absolute Gasteiger partial charge is 0.272 e. The Kier molecular flexibility index (Phi) is 12.3. The molecule has 0 heterocycles. The second kappa shape index (κ2) is 17.0. The molecule has 1 atom stereocenters. The molecule has 2 amide bonds. The molecule has 11 nitrogen and oxygen atoms in total. The molecule has 0 bridgehead atoms. The molecular formula is C35H27Br2N7O4S2. The average Bonchev–Trinajstić information content (AvgIpc) is 3.12. The summed E-state index contributed by atoms with van der Waals surface area (Å²) in [6.07, 6.45) is 1.88. The number of halogens is 2. The number of hydrazone groups is 1. The average molecular weight is 834 g/mol. The zero-order valence-electron chi connectivity index (χ0n) is 25.8. The molecule has 5 rings (SSSR count). The fraction of sp³-hybridized carbons (Fsp3) is 0.0571. The van der Waals surface area contributed by atoms with Gasteiger partial charge >= 0.3 is 0 Å². The number of phenols is 2. The third kappa shape index (κ3) is 9.49. The highest BCUT2D eigenvalue weighted by atomic mass is 79.9. The lowest BCUT2D eigenvalue weighted by Crippen LogP contribution is -2.54. The van der Waals surface area contributed by atoms with E-state index in [0.29, 0.717) is 17.8 Å². The van der Waals surface area contributed by atoms with Crippen LogP contribution in [-0.4, -0.2) is 44.6 Å². The fourth-order valence-electron chi connectivity index (χ4n) is 4.68. The van der Waals surface area contributed by atoms with Gasteiger partial charge in [-0.1, -0.05) is 54.6 Å². The van der Waals surface area contributed by atoms with Crippen molar-refractivity contribution in [3.05, 3.63) is 123 Å². The summed E-state index contributed by atoms with van der Waals surface area (Å²) in [5, 5.41) is 34.5. The third-order valence-corrected chi connectivity index (χ3v) is 8.84. The third-order valence-electron chi connectivity index (χ3n) is 7.19. The molecule has 0 aliphatic heterocycles. The van der Waals surface area contributed by atoms with E-state index in [9.17, 15) is 19.8 Å². The van der Waals surface area contributed by atoms with Gasteiger partial charge in [0.15, 0.2) is 11.2 Å². The van der Waals surface area contributed by atoms with Crippen LogP contribution >= 0.6 is 56.3 Å². The van der Waals surface area contributed by atoms with Crippen molar-refractivity contribution in [1.29, 1.82) is 0 Å². The highest BCUT2D eigenvalue weighted by Gasteiger charge is 2.27. The largest absolute Gasteiger partial charge is 0.506 e. The molecule has 0 saturated heterocycles. The molecule has 0 aromatic heterocycles. The summed E-state index contributed by atoms with van der Waals surface area (Å²) in [6, 6.07) is 28.4. The van der Waals surface area contributed by atoms with Crippen LogP contribution in [0.1, 0.15) is 16.7 Å². The van der Waals surface area contributed by atoms with Gasteiger partial charge in [-0.3, -0.25) is 20.4 Å². The number of amides is 2. The predicted octanol–water partition coefficient (Wildman–Crippen LogP) is 7.05. The Labute approximate surface area is 314 Å². The predicted molar refractivity (Wildman–Crippen MR) is 210 cm³/mol. The Morgan fingerprint density at radius 2 is 1.48 bits per heavy atom. The van der Waals surface area contributed by atoms with Gasteiger partial charge in [0.25, 0.3) is 11.8 Å². The molecule has 5 aromatic carbocycles. The van der Waals surface area contributed by atoms with Crippen LogP contribution in [0.15, 0.2) is 116 Å². The van der Waals surface area contributed by atoms with Crippen molar-refractivity contribution in [2.75, 3.05) is 10.6 Å². The highest BCUT2D eigenvalue weighted by molar-refractivity contribution is 9.11. The number of thiocarbonyl (C=S) groups is 2. The second-order valence-electron chi connectivity index (χ2n) is 10.6. The number of nitrogens with zero attached hydrogens (tertiary/aromatic N) is 2. The van der Waals surface area contributed by atoms with Crippen molar-refractivity contribution in [3.8, 4) is 11.5 Å². The quantitative estimate of drug-likeness (QED) is 0.0339. The molecule has 0 radical (unpaired) electrons. The summed E-state index contributed by atoms with van der Waals surface area (Å²) in [7, 11) is 0. The van der Waals surface area contributed by atoms with E-state index in [2.05, 4.69) is 86.2 Å². The minimum atomic E-state index is -1.47. The Bertz CT molecular complexity index is 2140. The molecule has 0 spiro atoms. The van der Waals surface area contributed by atoms with Crippen LogP contribution < -0.4 is 26.9 Å². The minimum Gasteiger partial charge on any atom is -0.506 e. The molecule has 1 unspecified atom stereocenters. The number of hydrazine groups is 1. The molecule has 0 aliphatic rings. The summed E-state index contributed by atoms with van der Waals surface area (Å²) in [5.74, 6) is -2.06. The Balaban J connectivity index is 1.23. The molecule has 0 aliphatic carbocycles. The van der Waals surface area contributed by atoms with E-state index in [1.165, 1.54) is 12.3 Å². The fourth-order valence-corrected chi connectivity index (χ4v) is 6.10. The van der Waals surface area contributed by atoms with Crippen LogP contribution in [0, 0.1) is 0 Å². The lowest BCUT2D eigenvalue weighted by Gasteiger charge is -2.19. The maximum absolute atomic E-state index is 13.4. The van der Waals surface area contributed by atoms with E-state index in [1.54, 1.807) is 6.07 Å². The van der Waals surface area contributed by atoms with Gasteiger partial charge in [-0.2, -0.15) is 10.1 Å². The second-order valence-corrected chi connectivity index (χ2v) is 12.9. The normalized spacial score (nSPS) is 11.3. The number of benzene rings is 5. The van der Waals surface area contributed by atoms with Gasteiger partial charge in [0.2, 0.25) is 0 Å². The lowest BCUT2D eigenvalue weighted by molar-refractivity contribution is -0.130. The van der Waals surface area contributed by atoms with Gasteiger partial charge in [-0.15, -0.1) is 0 Å². The first-order valence-electron chi connectivity index (χ1n) is 14.7. The zero-order valence-corrected chi connectivity index (χ0v) is 30.6. The highest BCUT2D eigenvalue weighted by Crippen LogP contribution is 2.40. The van der Waals surface area contributed by atoms with E-state index < -0.39 is 17.9 Å². The Hall–Kier alpha value is -5.18. The number of aliphatic imine (C=N–C) groups is 1. The molecule has 0 fully saturated rings. The number of anilines is 2. The first-order valence-corrected chi connectivity index (χ1v) is 17.1.